The van der Waals surface area contributed by atoms with Gasteiger partial charge in [0, 0.05) is 38.2 Å². The van der Waals surface area contributed by atoms with E-state index < -0.39 is 0 Å². The molecule has 4 heteroatoms. The zero-order valence-electron chi connectivity index (χ0n) is 20.5. The predicted molar refractivity (Wildman–Crippen MR) is 157 cm³/mol. The first-order valence-corrected chi connectivity index (χ1v) is 12.8. The average molecular weight is 487 g/mol. The van der Waals surface area contributed by atoms with E-state index in [1.807, 2.05) is 36.4 Å². The molecule has 0 atom stereocenters. The molecule has 1 N–H and O–H groups in total. The molecule has 0 fully saturated rings. The van der Waals surface area contributed by atoms with Gasteiger partial charge in [-0.3, -0.25) is 4.57 Å². The molecule has 0 aliphatic rings. The fourth-order valence-electron chi connectivity index (χ4n) is 5.64. The first-order valence-electron chi connectivity index (χ1n) is 12.8. The van der Waals surface area contributed by atoms with Gasteiger partial charge in [-0.25, -0.2) is 9.97 Å². The molecule has 0 radical (unpaired) electrons. The van der Waals surface area contributed by atoms with Gasteiger partial charge in [-0.05, 0) is 24.3 Å². The van der Waals surface area contributed by atoms with Crippen molar-refractivity contribution in [2.75, 3.05) is 0 Å². The van der Waals surface area contributed by atoms with E-state index in [2.05, 4.69) is 101 Å². The first-order chi connectivity index (χ1) is 18.8. The van der Waals surface area contributed by atoms with Crippen LogP contribution >= 0.6 is 0 Å². The summed E-state index contributed by atoms with van der Waals surface area (Å²) < 4.78 is 2.20. The smallest absolute Gasteiger partial charge is 0.235 e. The molecule has 0 spiro atoms. The Labute approximate surface area is 218 Å². The third-order valence-corrected chi connectivity index (χ3v) is 7.37. The second-order valence-electron chi connectivity index (χ2n) is 9.58. The highest BCUT2D eigenvalue weighted by molar-refractivity contribution is 6.25. The second kappa shape index (κ2) is 8.15. The van der Waals surface area contributed by atoms with Crippen LogP contribution in [-0.4, -0.2) is 19.5 Å². The molecule has 4 nitrogen and oxygen atoms in total. The lowest BCUT2D eigenvalue weighted by Gasteiger charge is -2.11. The molecule has 0 aliphatic heterocycles. The maximum Gasteiger partial charge on any atom is 0.235 e. The minimum atomic E-state index is 0.659. The summed E-state index contributed by atoms with van der Waals surface area (Å²) in [5.74, 6) is 0.659. The van der Waals surface area contributed by atoms with Gasteiger partial charge in [0.25, 0.3) is 0 Å². The van der Waals surface area contributed by atoms with Crippen LogP contribution in [0.4, 0.5) is 0 Å². The van der Waals surface area contributed by atoms with Gasteiger partial charge in [0.15, 0.2) is 0 Å². The molecule has 5 aromatic carbocycles. The van der Waals surface area contributed by atoms with Crippen molar-refractivity contribution in [1.82, 2.24) is 19.5 Å². The summed E-state index contributed by atoms with van der Waals surface area (Å²) in [6.07, 6.45) is 0. The topological polar surface area (TPSA) is 46.5 Å². The molecular formula is C34H22N4. The third-order valence-electron chi connectivity index (χ3n) is 7.37. The van der Waals surface area contributed by atoms with Crippen molar-refractivity contribution in [2.45, 2.75) is 0 Å². The van der Waals surface area contributed by atoms with Crippen LogP contribution in [0.3, 0.4) is 0 Å². The normalized spacial score (nSPS) is 11.7. The van der Waals surface area contributed by atoms with E-state index in [0.717, 1.165) is 44.6 Å². The van der Waals surface area contributed by atoms with Gasteiger partial charge in [-0.2, -0.15) is 0 Å². The minimum Gasteiger partial charge on any atom is -0.354 e. The summed E-state index contributed by atoms with van der Waals surface area (Å²) in [5, 5.41) is 4.81. The molecule has 0 amide bonds. The zero-order valence-corrected chi connectivity index (χ0v) is 20.5. The predicted octanol–water partition coefficient (Wildman–Crippen LogP) is 8.54. The molecule has 0 bridgehead atoms. The van der Waals surface area contributed by atoms with Gasteiger partial charge in [0.05, 0.1) is 27.9 Å². The SMILES string of the molecule is c1ccc(-c2cc(-c3ccccc3)nc(-n3c4ccccc4c4c5[nH]c6ccccc6c5ccc43)n2)cc1. The van der Waals surface area contributed by atoms with Gasteiger partial charge in [0.2, 0.25) is 5.95 Å². The van der Waals surface area contributed by atoms with Gasteiger partial charge >= 0.3 is 0 Å². The lowest BCUT2D eigenvalue weighted by Crippen LogP contribution is -2.03. The maximum absolute atomic E-state index is 5.14. The molecular weight excluding hydrogens is 464 g/mol. The highest BCUT2D eigenvalue weighted by Gasteiger charge is 2.19. The van der Waals surface area contributed by atoms with E-state index in [4.69, 9.17) is 9.97 Å². The number of aromatic nitrogens is 4. The van der Waals surface area contributed by atoms with Crippen molar-refractivity contribution in [3.05, 3.63) is 127 Å². The largest absolute Gasteiger partial charge is 0.354 e. The van der Waals surface area contributed by atoms with Crippen LogP contribution in [0.5, 0.6) is 0 Å². The molecule has 8 aromatic rings. The summed E-state index contributed by atoms with van der Waals surface area (Å²) in [4.78, 5) is 14.0. The van der Waals surface area contributed by atoms with Gasteiger partial charge in [-0.1, -0.05) is 103 Å². The van der Waals surface area contributed by atoms with E-state index >= 15 is 0 Å². The summed E-state index contributed by atoms with van der Waals surface area (Å²) in [5.41, 5.74) is 8.35. The number of aromatic amines is 1. The van der Waals surface area contributed by atoms with Gasteiger partial charge < -0.3 is 4.98 Å². The number of para-hydroxylation sites is 2. The van der Waals surface area contributed by atoms with Gasteiger partial charge in [-0.15, -0.1) is 0 Å². The standard InChI is InChI=1S/C34H22N4/c1-3-11-22(12-4-1)28-21-29(23-13-5-2-6-14-23)37-34(36-28)38-30-18-10-8-16-26(30)32-31(38)20-19-25-24-15-7-9-17-27(24)35-33(25)32/h1-21,35H. The molecule has 0 saturated carbocycles. The zero-order chi connectivity index (χ0) is 25.1. The Balaban J connectivity index is 1.49. The Morgan fingerprint density at radius 1 is 0.500 bits per heavy atom. The van der Waals surface area contributed by atoms with Crippen molar-refractivity contribution < 1.29 is 0 Å². The molecule has 0 aliphatic carbocycles. The minimum absolute atomic E-state index is 0.659. The first kappa shape index (κ1) is 20.9. The number of hydrogen-bond acceptors (Lipinski definition) is 2. The highest BCUT2D eigenvalue weighted by Crippen LogP contribution is 2.39. The number of hydrogen-bond donors (Lipinski definition) is 1. The van der Waals surface area contributed by atoms with Crippen molar-refractivity contribution in [1.29, 1.82) is 0 Å². The molecule has 0 saturated heterocycles. The molecule has 0 unspecified atom stereocenters. The summed E-state index contributed by atoms with van der Waals surface area (Å²) in [7, 11) is 0. The van der Waals surface area contributed by atoms with Crippen molar-refractivity contribution in [3.63, 3.8) is 0 Å². The summed E-state index contributed by atoms with van der Waals surface area (Å²) in [6.45, 7) is 0. The van der Waals surface area contributed by atoms with E-state index in [9.17, 15) is 0 Å². The van der Waals surface area contributed by atoms with Crippen LogP contribution < -0.4 is 0 Å². The van der Waals surface area contributed by atoms with Crippen LogP contribution in [-0.2, 0) is 0 Å². The Hall–Kier alpha value is -5.22. The van der Waals surface area contributed by atoms with Crippen molar-refractivity contribution >= 4 is 43.6 Å². The maximum atomic E-state index is 5.14. The van der Waals surface area contributed by atoms with Crippen LogP contribution in [0.1, 0.15) is 0 Å². The van der Waals surface area contributed by atoms with Crippen molar-refractivity contribution in [3.8, 4) is 28.5 Å². The number of benzene rings is 5. The summed E-state index contributed by atoms with van der Waals surface area (Å²) in [6, 6.07) is 44.2. The Morgan fingerprint density at radius 3 is 1.82 bits per heavy atom. The fourth-order valence-corrected chi connectivity index (χ4v) is 5.64. The summed E-state index contributed by atoms with van der Waals surface area (Å²) >= 11 is 0. The van der Waals surface area contributed by atoms with E-state index in [0.29, 0.717) is 5.95 Å². The second-order valence-corrected chi connectivity index (χ2v) is 9.58. The third kappa shape index (κ3) is 3.10. The molecule has 3 aromatic heterocycles. The molecule has 3 heterocycles. The Kier molecular flexibility index (Phi) is 4.49. The average Bonchev–Trinajstić information content (AvgIpc) is 3.53. The number of rotatable bonds is 3. The van der Waals surface area contributed by atoms with Crippen LogP contribution in [0, 0.1) is 0 Å². The van der Waals surface area contributed by atoms with E-state index in [-0.39, 0.29) is 0 Å². The Bertz CT molecular complexity index is 2060. The monoisotopic (exact) mass is 486 g/mol. The van der Waals surface area contributed by atoms with Crippen LogP contribution in [0.25, 0.3) is 72.1 Å². The highest BCUT2D eigenvalue weighted by atomic mass is 15.2. The van der Waals surface area contributed by atoms with E-state index in [1.165, 1.54) is 21.5 Å². The quantitative estimate of drug-likeness (QED) is 0.272. The lowest BCUT2D eigenvalue weighted by molar-refractivity contribution is 0.996. The number of nitrogens with one attached hydrogen (secondary N) is 1. The van der Waals surface area contributed by atoms with Crippen molar-refractivity contribution in [2.24, 2.45) is 0 Å². The number of fused-ring (bicyclic) bond motifs is 7. The number of nitrogens with zero attached hydrogens (tertiary/aromatic N) is 3. The fraction of sp³-hybridized carbons (Fsp3) is 0. The van der Waals surface area contributed by atoms with Crippen LogP contribution in [0.15, 0.2) is 127 Å². The Morgan fingerprint density at radius 2 is 1.11 bits per heavy atom. The molecule has 8 rings (SSSR count). The van der Waals surface area contributed by atoms with Crippen LogP contribution in [0.2, 0.25) is 0 Å². The number of H-pyrrole nitrogens is 1. The van der Waals surface area contributed by atoms with Gasteiger partial charge in [0.1, 0.15) is 0 Å². The lowest BCUT2D eigenvalue weighted by atomic mass is 10.1. The molecule has 38 heavy (non-hydrogen) atoms. The van der Waals surface area contributed by atoms with E-state index in [1.54, 1.807) is 0 Å². The molecule has 178 valence electrons.